The molecule has 1 saturated carbocycles. The minimum absolute atomic E-state index is 0.0205. The van der Waals surface area contributed by atoms with Gasteiger partial charge in [-0.25, -0.2) is 0 Å². The zero-order chi connectivity index (χ0) is 14.4. The Kier molecular flexibility index (Phi) is 3.45. The van der Waals surface area contributed by atoms with Gasteiger partial charge in [-0.3, -0.25) is 9.59 Å². The van der Waals surface area contributed by atoms with Gasteiger partial charge in [-0.15, -0.1) is 0 Å². The summed E-state index contributed by atoms with van der Waals surface area (Å²) < 4.78 is 0. The van der Waals surface area contributed by atoms with Crippen molar-refractivity contribution in [2.24, 2.45) is 23.2 Å². The summed E-state index contributed by atoms with van der Waals surface area (Å²) in [7, 11) is 0. The van der Waals surface area contributed by atoms with E-state index in [1.54, 1.807) is 6.92 Å². The molecule has 2 bridgehead atoms. The van der Waals surface area contributed by atoms with Crippen LogP contribution >= 0.6 is 0 Å². The fourth-order valence-electron chi connectivity index (χ4n) is 3.78. The van der Waals surface area contributed by atoms with Crippen LogP contribution < -0.4 is 10.6 Å². The second-order valence-corrected chi connectivity index (χ2v) is 6.53. The molecule has 0 radical (unpaired) electrons. The van der Waals surface area contributed by atoms with Gasteiger partial charge >= 0.3 is 0 Å². The molecule has 0 aromatic carbocycles. The van der Waals surface area contributed by atoms with Crippen LogP contribution in [0.25, 0.3) is 0 Å². The second kappa shape index (κ2) is 4.66. The quantitative estimate of drug-likeness (QED) is 0.817. The normalized spacial score (nSPS) is 31.5. The first kappa shape index (κ1) is 14.1. The van der Waals surface area contributed by atoms with Crippen LogP contribution in [0.1, 0.15) is 41.0 Å². The fourth-order valence-corrected chi connectivity index (χ4v) is 3.78. The van der Waals surface area contributed by atoms with Crippen LogP contribution in [-0.4, -0.2) is 18.4 Å². The number of fused-ring (bicyclic) bond motifs is 2. The highest BCUT2D eigenvalue weighted by molar-refractivity contribution is 5.76. The van der Waals surface area contributed by atoms with Gasteiger partial charge in [0.25, 0.3) is 0 Å². The molecular weight excluding hydrogens is 240 g/mol. The first-order valence-electron chi connectivity index (χ1n) is 7.00. The Morgan fingerprint density at radius 2 is 1.89 bits per heavy atom. The third-order valence-electron chi connectivity index (χ3n) is 5.14. The number of hydrogen-bond acceptors (Lipinski definition) is 2. The summed E-state index contributed by atoms with van der Waals surface area (Å²) in [6.45, 7) is 10.5. The number of nitrogens with one attached hydrogen (secondary N) is 2. The van der Waals surface area contributed by atoms with Crippen molar-refractivity contribution in [3.8, 4) is 0 Å². The van der Waals surface area contributed by atoms with Crippen molar-refractivity contribution in [1.82, 2.24) is 10.6 Å². The van der Waals surface area contributed by atoms with Gasteiger partial charge in [0.2, 0.25) is 11.8 Å². The molecule has 4 nitrogen and oxygen atoms in total. The maximum atomic E-state index is 11.4. The summed E-state index contributed by atoms with van der Waals surface area (Å²) in [5, 5.41) is 5.88. The molecule has 1 fully saturated rings. The van der Waals surface area contributed by atoms with E-state index >= 15 is 0 Å². The lowest BCUT2D eigenvalue weighted by molar-refractivity contribution is -0.119. The van der Waals surface area contributed by atoms with E-state index < -0.39 is 0 Å². The van der Waals surface area contributed by atoms with Gasteiger partial charge < -0.3 is 10.6 Å². The zero-order valence-electron chi connectivity index (χ0n) is 12.5. The Bertz CT molecular complexity index is 451. The standard InChI is InChI=1S/C15H24N2O2/c1-8-11-6-13(15(8,4)5)12(7-16-9(2)18)14(11)17-10(3)19/h8,11,13H,6-7H2,1-5H3,(H,16,18)(H,17,19)/t8-,11-,13+/m1/s1. The largest absolute Gasteiger partial charge is 0.353 e. The molecule has 2 rings (SSSR count). The zero-order valence-corrected chi connectivity index (χ0v) is 12.5. The Morgan fingerprint density at radius 3 is 2.42 bits per heavy atom. The molecule has 0 heterocycles. The summed E-state index contributed by atoms with van der Waals surface area (Å²) in [5.41, 5.74) is 2.53. The monoisotopic (exact) mass is 264 g/mol. The molecule has 0 unspecified atom stereocenters. The van der Waals surface area contributed by atoms with E-state index in [1.807, 2.05) is 0 Å². The first-order chi connectivity index (χ1) is 8.75. The van der Waals surface area contributed by atoms with Crippen molar-refractivity contribution >= 4 is 11.8 Å². The van der Waals surface area contributed by atoms with Gasteiger partial charge in [0, 0.05) is 32.0 Å². The highest BCUT2D eigenvalue weighted by Gasteiger charge is 2.54. The summed E-state index contributed by atoms with van der Waals surface area (Å²) in [6, 6.07) is 0. The van der Waals surface area contributed by atoms with Crippen molar-refractivity contribution < 1.29 is 9.59 Å². The van der Waals surface area contributed by atoms with Crippen molar-refractivity contribution in [1.29, 1.82) is 0 Å². The van der Waals surface area contributed by atoms with E-state index in [9.17, 15) is 9.59 Å². The molecule has 19 heavy (non-hydrogen) atoms. The average molecular weight is 264 g/mol. The van der Waals surface area contributed by atoms with Gasteiger partial charge in [0.1, 0.15) is 0 Å². The number of carbonyl (C=O) groups excluding carboxylic acids is 2. The molecule has 2 aliphatic carbocycles. The van der Waals surface area contributed by atoms with Crippen LogP contribution in [0.2, 0.25) is 0 Å². The number of carbonyl (C=O) groups is 2. The molecule has 2 N–H and O–H groups in total. The highest BCUT2D eigenvalue weighted by Crippen LogP contribution is 2.60. The molecule has 4 heteroatoms. The Balaban J connectivity index is 2.31. The lowest BCUT2D eigenvalue weighted by atomic mass is 9.68. The van der Waals surface area contributed by atoms with Crippen molar-refractivity contribution in [2.45, 2.75) is 41.0 Å². The molecule has 0 aromatic rings. The number of amides is 2. The molecule has 106 valence electrons. The first-order valence-corrected chi connectivity index (χ1v) is 7.00. The van der Waals surface area contributed by atoms with Crippen LogP contribution in [0, 0.1) is 23.2 Å². The highest BCUT2D eigenvalue weighted by atomic mass is 16.2. The molecule has 0 saturated heterocycles. The van der Waals surface area contributed by atoms with Gasteiger partial charge in [-0.1, -0.05) is 20.8 Å². The van der Waals surface area contributed by atoms with E-state index in [1.165, 1.54) is 12.5 Å². The Morgan fingerprint density at radius 1 is 1.26 bits per heavy atom. The lowest BCUT2D eigenvalue weighted by Crippen LogP contribution is -2.38. The molecular formula is C15H24N2O2. The smallest absolute Gasteiger partial charge is 0.221 e. The predicted octanol–water partition coefficient (Wildman–Crippen LogP) is 1.82. The van der Waals surface area contributed by atoms with Crippen LogP contribution in [0.4, 0.5) is 0 Å². The minimum atomic E-state index is -0.0247. The summed E-state index contributed by atoms with van der Waals surface area (Å²) in [6.07, 6.45) is 1.10. The number of allylic oxidation sites excluding steroid dienone is 1. The fraction of sp³-hybridized carbons (Fsp3) is 0.733. The van der Waals surface area contributed by atoms with Crippen molar-refractivity contribution in [3.05, 3.63) is 11.3 Å². The van der Waals surface area contributed by atoms with E-state index in [0.717, 1.165) is 12.1 Å². The molecule has 0 aliphatic heterocycles. The van der Waals surface area contributed by atoms with Crippen LogP contribution in [-0.2, 0) is 9.59 Å². The summed E-state index contributed by atoms with van der Waals surface area (Å²) in [4.78, 5) is 22.5. The molecule has 0 aromatic heterocycles. The minimum Gasteiger partial charge on any atom is -0.353 e. The van der Waals surface area contributed by atoms with E-state index in [0.29, 0.717) is 24.3 Å². The predicted molar refractivity (Wildman–Crippen MR) is 74.1 cm³/mol. The maximum Gasteiger partial charge on any atom is 0.221 e. The van der Waals surface area contributed by atoms with Crippen molar-refractivity contribution in [2.75, 3.05) is 6.54 Å². The van der Waals surface area contributed by atoms with Crippen LogP contribution in [0.3, 0.4) is 0 Å². The van der Waals surface area contributed by atoms with Gasteiger partial charge in [-0.2, -0.15) is 0 Å². The molecule has 0 spiro atoms. The Labute approximate surface area is 115 Å². The molecule has 2 amide bonds. The van der Waals surface area contributed by atoms with Gasteiger partial charge in [0.05, 0.1) is 0 Å². The lowest BCUT2D eigenvalue weighted by Gasteiger charge is -2.39. The number of rotatable bonds is 3. The molecule has 2 aliphatic rings. The topological polar surface area (TPSA) is 58.2 Å². The third kappa shape index (κ3) is 2.28. The van der Waals surface area contributed by atoms with Gasteiger partial charge in [-0.05, 0) is 29.2 Å². The maximum absolute atomic E-state index is 11.4. The third-order valence-corrected chi connectivity index (χ3v) is 5.14. The SMILES string of the molecule is CC(=O)NCC1=C(NC(C)=O)[C@@H]2C[C@@H]1C(C)(C)[C@@H]2C. The van der Waals surface area contributed by atoms with Crippen LogP contribution in [0.5, 0.6) is 0 Å². The van der Waals surface area contributed by atoms with Crippen LogP contribution in [0.15, 0.2) is 11.3 Å². The molecule has 3 atom stereocenters. The summed E-state index contributed by atoms with van der Waals surface area (Å²) in [5.74, 6) is 1.39. The second-order valence-electron chi connectivity index (χ2n) is 6.53. The van der Waals surface area contributed by atoms with Crippen molar-refractivity contribution in [3.63, 3.8) is 0 Å². The Hall–Kier alpha value is -1.32. The van der Waals surface area contributed by atoms with E-state index in [-0.39, 0.29) is 17.2 Å². The van der Waals surface area contributed by atoms with E-state index in [4.69, 9.17) is 0 Å². The average Bonchev–Trinajstić information content (AvgIpc) is 2.72. The van der Waals surface area contributed by atoms with Gasteiger partial charge in [0.15, 0.2) is 0 Å². The number of hydrogen-bond donors (Lipinski definition) is 2. The van der Waals surface area contributed by atoms with E-state index in [2.05, 4.69) is 31.4 Å². The summed E-state index contributed by atoms with van der Waals surface area (Å²) >= 11 is 0.